The van der Waals surface area contributed by atoms with E-state index in [1.54, 1.807) is 18.0 Å². The van der Waals surface area contributed by atoms with Crippen molar-refractivity contribution < 1.29 is 27.8 Å². The van der Waals surface area contributed by atoms with Gasteiger partial charge in [-0.15, -0.1) is 6.58 Å². The van der Waals surface area contributed by atoms with Gasteiger partial charge in [0.15, 0.2) is 11.5 Å². The van der Waals surface area contributed by atoms with Crippen LogP contribution in [0.15, 0.2) is 49.1 Å². The Labute approximate surface area is 238 Å². The smallest absolute Gasteiger partial charge is 0.416 e. The van der Waals surface area contributed by atoms with Crippen molar-refractivity contribution in [1.82, 2.24) is 14.7 Å². The van der Waals surface area contributed by atoms with Crippen LogP contribution in [0.25, 0.3) is 0 Å². The number of ether oxygens (including phenoxy) is 1. The first-order valence-electron chi connectivity index (χ1n) is 14.0. The molecule has 216 valence electrons. The molecule has 5 atom stereocenters. The lowest BCUT2D eigenvalue weighted by molar-refractivity contribution is -0.158. The topological polar surface area (TPSA) is 56.3 Å². The Morgan fingerprint density at radius 1 is 1.20 bits per heavy atom. The molecule has 9 heteroatoms. The van der Waals surface area contributed by atoms with Crippen molar-refractivity contribution in [2.24, 2.45) is 0 Å². The number of carbonyl (C=O) groups excluding carboxylic acids is 1. The van der Waals surface area contributed by atoms with Crippen LogP contribution in [0.3, 0.4) is 0 Å². The maximum Gasteiger partial charge on any atom is 0.416 e. The van der Waals surface area contributed by atoms with Gasteiger partial charge < -0.3 is 19.6 Å². The number of piperidine rings is 1. The Morgan fingerprint density at radius 3 is 2.59 bits per heavy atom. The molecule has 0 aromatic heterocycles. The average Bonchev–Trinajstić information content (AvgIpc) is 3.29. The molecule has 2 bridgehead atoms. The zero-order valence-corrected chi connectivity index (χ0v) is 23.5. The quantitative estimate of drug-likeness (QED) is 0.445. The highest BCUT2D eigenvalue weighted by Crippen LogP contribution is 2.67. The molecule has 41 heavy (non-hydrogen) atoms. The third kappa shape index (κ3) is 3.84. The molecular weight excluding hydrogens is 531 g/mol. The predicted octanol–water partition coefficient (Wildman–Crippen LogP) is 4.20. The van der Waals surface area contributed by atoms with E-state index in [1.807, 2.05) is 12.1 Å². The van der Waals surface area contributed by atoms with Crippen molar-refractivity contribution in [1.29, 1.82) is 0 Å². The van der Waals surface area contributed by atoms with Crippen LogP contribution in [0.2, 0.25) is 0 Å². The van der Waals surface area contributed by atoms with Gasteiger partial charge in [-0.3, -0.25) is 9.69 Å². The van der Waals surface area contributed by atoms with Gasteiger partial charge >= 0.3 is 6.18 Å². The van der Waals surface area contributed by atoms with Gasteiger partial charge in [-0.1, -0.05) is 18.1 Å². The average molecular weight is 566 g/mol. The molecule has 1 N–H and O–H groups in total. The number of phenolic OH excluding ortho intramolecular Hbond substituents is 1. The Hall–Kier alpha value is -3.48. The maximum absolute atomic E-state index is 13.4. The highest BCUT2D eigenvalue weighted by atomic mass is 19.4. The summed E-state index contributed by atoms with van der Waals surface area (Å²) in [5, 5.41) is 10.9. The van der Waals surface area contributed by atoms with Crippen molar-refractivity contribution >= 4 is 5.91 Å². The van der Waals surface area contributed by atoms with Gasteiger partial charge in [-0.25, -0.2) is 0 Å². The number of carbonyl (C=O) groups is 1. The Kier molecular flexibility index (Phi) is 6.44. The molecule has 4 aliphatic rings. The molecule has 0 unspecified atom stereocenters. The van der Waals surface area contributed by atoms with Gasteiger partial charge in [0.25, 0.3) is 5.91 Å². The lowest BCUT2D eigenvalue weighted by Crippen LogP contribution is -2.82. The van der Waals surface area contributed by atoms with E-state index in [9.17, 15) is 23.1 Å². The molecule has 2 aliphatic carbocycles. The van der Waals surface area contributed by atoms with E-state index >= 15 is 0 Å². The molecule has 2 aromatic rings. The first kappa shape index (κ1) is 27.7. The summed E-state index contributed by atoms with van der Waals surface area (Å²) in [6.07, 6.45) is 0.269. The van der Waals surface area contributed by atoms with Crippen LogP contribution >= 0.6 is 0 Å². The SMILES string of the molecule is C=CCN1CC[C@]23c4c5ccc(O)c4O[C@H]2[C@H](N(C)C(=O)C#Cc2ccc(C(F)(F)F)cc2)CC[C@@]3(N(C)C)[C@H]1C5. The largest absolute Gasteiger partial charge is 0.504 e. The highest BCUT2D eigenvalue weighted by molar-refractivity contribution is 5.94. The van der Waals surface area contributed by atoms with E-state index in [4.69, 9.17) is 4.74 Å². The van der Waals surface area contributed by atoms with Gasteiger partial charge in [0.05, 0.1) is 17.0 Å². The summed E-state index contributed by atoms with van der Waals surface area (Å²) in [5.74, 6) is 5.58. The van der Waals surface area contributed by atoms with Gasteiger partial charge in [0.1, 0.15) is 6.10 Å². The van der Waals surface area contributed by atoms with Crippen molar-refractivity contribution in [3.8, 4) is 23.3 Å². The number of amides is 1. The number of likely N-dealkylation sites (N-methyl/N-ethyl adjacent to an activating group) is 2. The van der Waals surface area contributed by atoms with Crippen LogP contribution < -0.4 is 4.74 Å². The van der Waals surface area contributed by atoms with Crippen LogP contribution in [0.5, 0.6) is 11.5 Å². The van der Waals surface area contributed by atoms with Crippen LogP contribution in [0.4, 0.5) is 13.2 Å². The third-order valence-corrected chi connectivity index (χ3v) is 10.0. The molecule has 2 fully saturated rings. The molecule has 6 rings (SSSR count). The minimum absolute atomic E-state index is 0.113. The summed E-state index contributed by atoms with van der Waals surface area (Å²) >= 11 is 0. The molecule has 6 nitrogen and oxygen atoms in total. The van der Waals surface area contributed by atoms with Gasteiger partial charge in [0.2, 0.25) is 0 Å². The molecule has 1 saturated heterocycles. The first-order chi connectivity index (χ1) is 19.5. The zero-order chi connectivity index (χ0) is 29.3. The zero-order valence-electron chi connectivity index (χ0n) is 23.5. The fraction of sp³-hybridized carbons (Fsp3) is 0.469. The molecule has 2 aromatic carbocycles. The minimum Gasteiger partial charge on any atom is -0.504 e. The Bertz CT molecular complexity index is 1460. The number of likely N-dealkylation sites (tertiary alicyclic amines) is 1. The van der Waals surface area contributed by atoms with Gasteiger partial charge in [-0.2, -0.15) is 13.2 Å². The summed E-state index contributed by atoms with van der Waals surface area (Å²) in [5.41, 5.74) is 1.09. The fourth-order valence-electron chi connectivity index (χ4n) is 8.41. The monoisotopic (exact) mass is 565 g/mol. The van der Waals surface area contributed by atoms with Gasteiger partial charge in [-0.05, 0) is 82.2 Å². The van der Waals surface area contributed by atoms with Crippen LogP contribution in [-0.2, 0) is 22.8 Å². The van der Waals surface area contributed by atoms with E-state index in [-0.39, 0.29) is 23.4 Å². The highest BCUT2D eigenvalue weighted by Gasteiger charge is 2.74. The van der Waals surface area contributed by atoms with E-state index in [0.717, 1.165) is 50.0 Å². The number of benzene rings is 2. The lowest BCUT2D eigenvalue weighted by Gasteiger charge is -2.69. The molecule has 2 aliphatic heterocycles. The number of halogens is 3. The number of phenols is 1. The van der Waals surface area contributed by atoms with E-state index in [2.05, 4.69) is 42.3 Å². The third-order valence-electron chi connectivity index (χ3n) is 10.0. The normalized spacial score (nSPS) is 29.7. The Balaban J connectivity index is 1.37. The maximum atomic E-state index is 13.4. The van der Waals surface area contributed by atoms with Crippen molar-refractivity contribution in [3.05, 3.63) is 71.3 Å². The van der Waals surface area contributed by atoms with E-state index in [0.29, 0.717) is 17.7 Å². The second-order valence-electron chi connectivity index (χ2n) is 11.9. The van der Waals surface area contributed by atoms with E-state index in [1.165, 1.54) is 17.7 Å². The number of rotatable bonds is 4. The lowest BCUT2D eigenvalue weighted by atomic mass is 9.46. The number of aromatic hydroxyl groups is 1. The number of hydrogen-bond donors (Lipinski definition) is 1. The number of nitrogens with zero attached hydrogens (tertiary/aromatic N) is 3. The molecule has 1 amide bonds. The van der Waals surface area contributed by atoms with Crippen LogP contribution in [0.1, 0.15) is 41.5 Å². The van der Waals surface area contributed by atoms with Crippen molar-refractivity contribution in [2.45, 2.75) is 61.0 Å². The van der Waals surface area contributed by atoms with Crippen molar-refractivity contribution in [3.63, 3.8) is 0 Å². The molecule has 1 saturated carbocycles. The summed E-state index contributed by atoms with van der Waals surface area (Å²) in [6.45, 7) is 5.63. The van der Waals surface area contributed by atoms with Crippen LogP contribution in [0, 0.1) is 11.8 Å². The summed E-state index contributed by atoms with van der Waals surface area (Å²) in [4.78, 5) is 19.9. The van der Waals surface area contributed by atoms with E-state index < -0.39 is 29.2 Å². The second kappa shape index (κ2) is 9.53. The molecule has 2 heterocycles. The molecular formula is C32H34F3N3O3. The predicted molar refractivity (Wildman–Crippen MR) is 149 cm³/mol. The fourth-order valence-corrected chi connectivity index (χ4v) is 8.41. The number of hydrogen-bond acceptors (Lipinski definition) is 5. The molecule has 0 radical (unpaired) electrons. The standard InChI is InChI=1S/C32H34F3N3O3/c1-5-17-38-18-16-30-27-21-9-12-24(39)28(27)41-29(30)23(14-15-31(30,36(2)3)25(38)19-21)37(4)26(40)13-8-20-6-10-22(11-7-20)32(33,34)35/h5-7,9-12,23,25,29,39H,1,14-19H2,2-4H3/t23-,25-,29+,30+,31-/m1/s1. The molecule has 1 spiro atoms. The van der Waals surface area contributed by atoms with Crippen molar-refractivity contribution in [2.75, 3.05) is 34.2 Å². The Morgan fingerprint density at radius 2 is 1.93 bits per heavy atom. The summed E-state index contributed by atoms with van der Waals surface area (Å²) < 4.78 is 45.5. The summed E-state index contributed by atoms with van der Waals surface area (Å²) in [7, 11) is 5.97. The van der Waals surface area contributed by atoms with Crippen LogP contribution in [-0.4, -0.2) is 83.7 Å². The van der Waals surface area contributed by atoms with Gasteiger partial charge in [0, 0.05) is 42.2 Å². The first-order valence-corrected chi connectivity index (χ1v) is 14.0. The number of alkyl halides is 3. The summed E-state index contributed by atoms with van der Waals surface area (Å²) in [6, 6.07) is 8.10. The minimum atomic E-state index is -4.43. The second-order valence-corrected chi connectivity index (χ2v) is 11.9.